The van der Waals surface area contributed by atoms with Crippen molar-refractivity contribution in [3.63, 3.8) is 0 Å². The van der Waals surface area contributed by atoms with Gasteiger partial charge in [-0.15, -0.1) is 0 Å². The average Bonchev–Trinajstić information content (AvgIpc) is 2.24. The summed E-state index contributed by atoms with van der Waals surface area (Å²) in [6.45, 7) is 5.76. The van der Waals surface area contributed by atoms with E-state index in [9.17, 15) is 0 Å². The molecule has 3 nitrogen and oxygen atoms in total. The van der Waals surface area contributed by atoms with Gasteiger partial charge >= 0.3 is 0 Å². The lowest BCUT2D eigenvalue weighted by Gasteiger charge is -2.41. The molecule has 0 aromatic heterocycles. The van der Waals surface area contributed by atoms with Gasteiger partial charge in [0.15, 0.2) is 0 Å². The predicted molar refractivity (Wildman–Crippen MR) is 68.5 cm³/mol. The second kappa shape index (κ2) is 5.03. The second-order valence-electron chi connectivity index (χ2n) is 6.07. The van der Waals surface area contributed by atoms with Crippen LogP contribution in [-0.2, 0) is 0 Å². The number of nitrogens with one attached hydrogen (secondary N) is 1. The summed E-state index contributed by atoms with van der Waals surface area (Å²) < 4.78 is 0. The van der Waals surface area contributed by atoms with Crippen molar-refractivity contribution in [1.29, 1.82) is 0 Å². The molecule has 3 heteroatoms. The van der Waals surface area contributed by atoms with Gasteiger partial charge in [0.05, 0.1) is 0 Å². The summed E-state index contributed by atoms with van der Waals surface area (Å²) in [6, 6.07) is 0.735. The Morgan fingerprint density at radius 1 is 1.50 bits per heavy atom. The Hall–Kier alpha value is -0.120. The van der Waals surface area contributed by atoms with E-state index in [4.69, 9.17) is 5.73 Å². The molecule has 2 aliphatic heterocycles. The zero-order valence-electron chi connectivity index (χ0n) is 10.8. The molecule has 0 aromatic carbocycles. The molecule has 0 spiro atoms. The molecule has 0 saturated carbocycles. The van der Waals surface area contributed by atoms with E-state index in [0.717, 1.165) is 25.0 Å². The molecular weight excluding hydrogens is 198 g/mol. The fraction of sp³-hybridized carbons (Fsp3) is 1.00. The molecule has 2 aliphatic rings. The monoisotopic (exact) mass is 225 g/mol. The zero-order valence-corrected chi connectivity index (χ0v) is 10.8. The molecule has 0 aromatic rings. The van der Waals surface area contributed by atoms with E-state index < -0.39 is 0 Å². The van der Waals surface area contributed by atoms with Crippen LogP contribution in [0.15, 0.2) is 0 Å². The number of nitrogens with two attached hydrogens (primary N) is 1. The normalized spacial score (nSPS) is 42.2. The van der Waals surface area contributed by atoms with Crippen molar-refractivity contribution in [3.8, 4) is 0 Å². The molecule has 2 heterocycles. The highest BCUT2D eigenvalue weighted by atomic mass is 15.1. The quantitative estimate of drug-likeness (QED) is 0.742. The molecule has 2 saturated heterocycles. The van der Waals surface area contributed by atoms with Crippen molar-refractivity contribution in [1.82, 2.24) is 10.2 Å². The number of piperidine rings is 2. The van der Waals surface area contributed by atoms with Crippen LogP contribution in [0.5, 0.6) is 0 Å². The summed E-state index contributed by atoms with van der Waals surface area (Å²) in [5.41, 5.74) is 6.58. The first-order valence-electron chi connectivity index (χ1n) is 6.79. The molecule has 0 aliphatic carbocycles. The van der Waals surface area contributed by atoms with Crippen molar-refractivity contribution in [3.05, 3.63) is 0 Å². The standard InChI is InChI=1S/C13H27N3/c1-11-8-12(4-7-16(11)2)9-13(14)5-3-6-15-10-13/h11-12,15H,3-10,14H2,1-2H3/t11?,12?,13-/m1/s1. The van der Waals surface area contributed by atoms with Crippen LogP contribution in [0, 0.1) is 5.92 Å². The number of nitrogens with zero attached hydrogens (tertiary/aromatic N) is 1. The fourth-order valence-corrected chi connectivity index (χ4v) is 3.31. The van der Waals surface area contributed by atoms with E-state index in [1.807, 2.05) is 0 Å². The van der Waals surface area contributed by atoms with Crippen LogP contribution < -0.4 is 11.1 Å². The Bertz CT molecular complexity index is 223. The van der Waals surface area contributed by atoms with Gasteiger partial charge in [0.1, 0.15) is 0 Å². The molecule has 0 amide bonds. The van der Waals surface area contributed by atoms with E-state index in [0.29, 0.717) is 0 Å². The summed E-state index contributed by atoms with van der Waals surface area (Å²) in [5.74, 6) is 0.844. The first kappa shape index (κ1) is 12.3. The van der Waals surface area contributed by atoms with Gasteiger partial charge in [0.25, 0.3) is 0 Å². The van der Waals surface area contributed by atoms with Gasteiger partial charge in [-0.05, 0) is 65.1 Å². The molecule has 3 atom stereocenters. The van der Waals surface area contributed by atoms with Crippen LogP contribution in [0.3, 0.4) is 0 Å². The fourth-order valence-electron chi connectivity index (χ4n) is 3.31. The van der Waals surface area contributed by atoms with Crippen molar-refractivity contribution in [2.75, 3.05) is 26.7 Å². The van der Waals surface area contributed by atoms with Crippen molar-refractivity contribution in [2.24, 2.45) is 11.7 Å². The van der Waals surface area contributed by atoms with Crippen molar-refractivity contribution < 1.29 is 0 Å². The lowest BCUT2D eigenvalue weighted by molar-refractivity contribution is 0.125. The van der Waals surface area contributed by atoms with E-state index in [1.165, 1.54) is 38.6 Å². The maximum absolute atomic E-state index is 6.49. The minimum atomic E-state index is 0.0819. The van der Waals surface area contributed by atoms with Crippen LogP contribution in [0.25, 0.3) is 0 Å². The highest BCUT2D eigenvalue weighted by Crippen LogP contribution is 2.30. The van der Waals surface area contributed by atoms with E-state index in [-0.39, 0.29) is 5.54 Å². The topological polar surface area (TPSA) is 41.3 Å². The minimum Gasteiger partial charge on any atom is -0.324 e. The van der Waals surface area contributed by atoms with Crippen LogP contribution in [-0.4, -0.2) is 43.2 Å². The Morgan fingerprint density at radius 2 is 2.31 bits per heavy atom. The lowest BCUT2D eigenvalue weighted by Crippen LogP contribution is -2.54. The number of rotatable bonds is 2. The highest BCUT2D eigenvalue weighted by Gasteiger charge is 2.33. The summed E-state index contributed by atoms with van der Waals surface area (Å²) in [7, 11) is 2.24. The third-order valence-corrected chi connectivity index (χ3v) is 4.52. The number of likely N-dealkylation sites (tertiary alicyclic amines) is 1. The molecule has 2 unspecified atom stereocenters. The van der Waals surface area contributed by atoms with Crippen LogP contribution in [0.2, 0.25) is 0 Å². The third kappa shape index (κ3) is 2.96. The van der Waals surface area contributed by atoms with Crippen LogP contribution in [0.4, 0.5) is 0 Å². The zero-order chi connectivity index (χ0) is 11.6. The Kier molecular flexibility index (Phi) is 3.88. The maximum Gasteiger partial charge on any atom is 0.0284 e. The molecule has 0 radical (unpaired) electrons. The number of hydrogen-bond donors (Lipinski definition) is 2. The second-order valence-corrected chi connectivity index (χ2v) is 6.07. The molecule has 94 valence electrons. The Labute approximate surface area is 99.8 Å². The van der Waals surface area contributed by atoms with Gasteiger partial charge in [0, 0.05) is 18.1 Å². The lowest BCUT2D eigenvalue weighted by atomic mass is 9.78. The molecule has 0 bridgehead atoms. The van der Waals surface area contributed by atoms with E-state index in [1.54, 1.807) is 0 Å². The SMILES string of the molecule is CC1CC(C[C@]2(N)CCCNC2)CCN1C. The maximum atomic E-state index is 6.49. The minimum absolute atomic E-state index is 0.0819. The average molecular weight is 225 g/mol. The van der Waals surface area contributed by atoms with E-state index >= 15 is 0 Å². The summed E-state index contributed by atoms with van der Waals surface area (Å²) in [5, 5.41) is 3.45. The van der Waals surface area contributed by atoms with Crippen LogP contribution in [0.1, 0.15) is 39.0 Å². The Morgan fingerprint density at radius 3 is 2.94 bits per heavy atom. The summed E-state index contributed by atoms with van der Waals surface area (Å²) in [4.78, 5) is 2.47. The van der Waals surface area contributed by atoms with Gasteiger partial charge in [-0.3, -0.25) is 0 Å². The number of hydrogen-bond acceptors (Lipinski definition) is 3. The summed E-state index contributed by atoms with van der Waals surface area (Å²) in [6.07, 6.45) is 6.34. The van der Waals surface area contributed by atoms with Gasteiger partial charge < -0.3 is 16.0 Å². The first-order chi connectivity index (χ1) is 7.59. The largest absolute Gasteiger partial charge is 0.324 e. The predicted octanol–water partition coefficient (Wildman–Crippen LogP) is 1.19. The highest BCUT2D eigenvalue weighted by molar-refractivity contribution is 4.93. The Balaban J connectivity index is 1.84. The van der Waals surface area contributed by atoms with Gasteiger partial charge in [-0.2, -0.15) is 0 Å². The first-order valence-corrected chi connectivity index (χ1v) is 6.79. The van der Waals surface area contributed by atoms with E-state index in [2.05, 4.69) is 24.2 Å². The molecular formula is C13H27N3. The third-order valence-electron chi connectivity index (χ3n) is 4.52. The molecule has 2 fully saturated rings. The van der Waals surface area contributed by atoms with Crippen LogP contribution >= 0.6 is 0 Å². The smallest absolute Gasteiger partial charge is 0.0284 e. The molecule has 3 N–H and O–H groups in total. The summed E-state index contributed by atoms with van der Waals surface area (Å²) >= 11 is 0. The van der Waals surface area contributed by atoms with Gasteiger partial charge in [-0.1, -0.05) is 0 Å². The molecule has 2 rings (SSSR count). The van der Waals surface area contributed by atoms with Gasteiger partial charge in [-0.25, -0.2) is 0 Å². The van der Waals surface area contributed by atoms with Gasteiger partial charge in [0.2, 0.25) is 0 Å². The van der Waals surface area contributed by atoms with Crippen molar-refractivity contribution >= 4 is 0 Å². The molecule has 16 heavy (non-hydrogen) atoms. The van der Waals surface area contributed by atoms with Crippen molar-refractivity contribution in [2.45, 2.75) is 50.6 Å².